The average molecular weight is 695 g/mol. The van der Waals surface area contributed by atoms with E-state index in [1.54, 1.807) is 18.9 Å². The third-order valence-corrected chi connectivity index (χ3v) is 5.82. The van der Waals surface area contributed by atoms with Gasteiger partial charge in [0.1, 0.15) is 12.4 Å². The zero-order chi connectivity index (χ0) is 18.4. The van der Waals surface area contributed by atoms with Gasteiger partial charge in [0.15, 0.2) is 0 Å². The first kappa shape index (κ1) is 26.1. The average Bonchev–Trinajstić information content (AvgIpc) is 2.48. The van der Waals surface area contributed by atoms with E-state index in [0.717, 1.165) is 16.4 Å². The maximum atomic E-state index is 11.7. The van der Waals surface area contributed by atoms with E-state index in [1.165, 1.54) is 6.92 Å². The van der Waals surface area contributed by atoms with Crippen molar-refractivity contribution in [3.05, 3.63) is 16.8 Å². The number of benzene rings is 1. The Morgan fingerprint density at radius 1 is 1.24 bits per heavy atom. The number of nitrogens with zero attached hydrogens (tertiary/aromatic N) is 1. The SMILES string of the molecule is CCC(OCCOc1c(I)cc(I)c(N(C)C(C)=O)c1I)C(=O)[O-].[Na+]. The maximum absolute atomic E-state index is 11.7. The molecule has 0 fully saturated rings. The Labute approximate surface area is 210 Å². The normalized spacial score (nSPS) is 11.4. The first-order chi connectivity index (χ1) is 11.2. The van der Waals surface area contributed by atoms with Crippen LogP contribution >= 0.6 is 67.8 Å². The fourth-order valence-corrected chi connectivity index (χ4v) is 6.25. The zero-order valence-corrected chi connectivity index (χ0v) is 22.9. The van der Waals surface area contributed by atoms with Crippen LogP contribution in [0.5, 0.6) is 5.75 Å². The molecule has 1 aromatic carbocycles. The molecule has 0 bridgehead atoms. The van der Waals surface area contributed by atoms with Gasteiger partial charge < -0.3 is 24.3 Å². The van der Waals surface area contributed by atoms with Crippen molar-refractivity contribution in [2.45, 2.75) is 26.4 Å². The number of anilines is 1. The predicted octanol–water partition coefficient (Wildman–Crippen LogP) is -0.589. The molecule has 10 heteroatoms. The number of carboxylic acids is 1. The van der Waals surface area contributed by atoms with Gasteiger partial charge in [-0.15, -0.1) is 0 Å². The molecule has 1 rings (SSSR count). The molecule has 0 saturated carbocycles. The van der Waals surface area contributed by atoms with Crippen LogP contribution in [0.2, 0.25) is 0 Å². The maximum Gasteiger partial charge on any atom is 1.00 e. The molecule has 1 aromatic rings. The molecule has 1 atom stereocenters. The molecule has 0 spiro atoms. The third kappa shape index (κ3) is 7.56. The Kier molecular flexibility index (Phi) is 13.1. The van der Waals surface area contributed by atoms with Gasteiger partial charge in [-0.25, -0.2) is 0 Å². The van der Waals surface area contributed by atoms with E-state index in [0.29, 0.717) is 12.2 Å². The van der Waals surface area contributed by atoms with Crippen LogP contribution in [0.1, 0.15) is 20.3 Å². The standard InChI is InChI=1S/C15H18I3NO5.Na/c1-4-11(15(21)22)23-5-6-24-14-10(17)7-9(16)13(12(14)18)19(3)8(2)20;/h7,11H,4-6H2,1-3H3,(H,21,22);/q;+1/p-1. The summed E-state index contributed by atoms with van der Waals surface area (Å²) in [5, 5.41) is 10.8. The van der Waals surface area contributed by atoms with Gasteiger partial charge in [-0.1, -0.05) is 6.92 Å². The molecule has 6 nitrogen and oxygen atoms in total. The molecule has 0 N–H and O–H groups in total. The minimum atomic E-state index is -1.22. The molecular weight excluding hydrogens is 678 g/mol. The van der Waals surface area contributed by atoms with E-state index < -0.39 is 12.1 Å². The topological polar surface area (TPSA) is 78.9 Å². The second kappa shape index (κ2) is 12.5. The summed E-state index contributed by atoms with van der Waals surface area (Å²) in [4.78, 5) is 24.1. The Balaban J connectivity index is 0.00000576. The summed E-state index contributed by atoms with van der Waals surface area (Å²) >= 11 is 6.51. The van der Waals surface area contributed by atoms with Gasteiger partial charge in [-0.2, -0.15) is 0 Å². The molecule has 0 aliphatic rings. The van der Waals surface area contributed by atoms with Crippen LogP contribution in [0, 0.1) is 10.7 Å². The van der Waals surface area contributed by atoms with Crippen molar-refractivity contribution in [3.63, 3.8) is 0 Å². The number of amides is 1. The third-order valence-electron chi connectivity index (χ3n) is 3.19. The van der Waals surface area contributed by atoms with Crippen molar-refractivity contribution in [3.8, 4) is 5.75 Å². The number of aliphatic carboxylic acids is 1. The molecule has 0 aliphatic carbocycles. The first-order valence-corrected chi connectivity index (χ1v) is 10.3. The van der Waals surface area contributed by atoms with Crippen LogP contribution in [0.25, 0.3) is 0 Å². The largest absolute Gasteiger partial charge is 1.00 e. The molecule has 25 heavy (non-hydrogen) atoms. The molecule has 0 heterocycles. The van der Waals surface area contributed by atoms with Gasteiger partial charge in [-0.05, 0) is 80.3 Å². The van der Waals surface area contributed by atoms with Crippen molar-refractivity contribution in [2.75, 3.05) is 25.2 Å². The monoisotopic (exact) mass is 695 g/mol. The van der Waals surface area contributed by atoms with Crippen molar-refractivity contribution < 1.29 is 53.7 Å². The number of carbonyl (C=O) groups is 2. The fourth-order valence-electron chi connectivity index (χ4n) is 1.85. The van der Waals surface area contributed by atoms with Crippen molar-refractivity contribution in [2.24, 2.45) is 0 Å². The number of hydrogen-bond acceptors (Lipinski definition) is 5. The van der Waals surface area contributed by atoms with E-state index in [1.807, 2.05) is 6.07 Å². The van der Waals surface area contributed by atoms with E-state index >= 15 is 0 Å². The minimum Gasteiger partial charge on any atom is -0.547 e. The summed E-state index contributed by atoms with van der Waals surface area (Å²) < 4.78 is 13.7. The second-order valence-electron chi connectivity index (χ2n) is 4.85. The Bertz CT molecular complexity index is 630. The van der Waals surface area contributed by atoms with Crippen LogP contribution in [0.4, 0.5) is 5.69 Å². The number of ether oxygens (including phenoxy) is 2. The van der Waals surface area contributed by atoms with Gasteiger partial charge in [-0.3, -0.25) is 4.79 Å². The molecule has 0 saturated heterocycles. The van der Waals surface area contributed by atoms with Crippen LogP contribution in [0.3, 0.4) is 0 Å². The van der Waals surface area contributed by atoms with E-state index in [9.17, 15) is 14.7 Å². The second-order valence-corrected chi connectivity index (χ2v) is 8.25. The first-order valence-electron chi connectivity index (χ1n) is 7.07. The number of carboxylic acid groups (broad SMARTS) is 1. The molecular formula is C15H17I3NNaO5. The van der Waals surface area contributed by atoms with Crippen LogP contribution in [0.15, 0.2) is 6.07 Å². The van der Waals surface area contributed by atoms with Crippen molar-refractivity contribution >= 4 is 85.3 Å². The summed E-state index contributed by atoms with van der Waals surface area (Å²) in [7, 11) is 1.72. The van der Waals surface area contributed by atoms with Gasteiger partial charge in [0.25, 0.3) is 0 Å². The Morgan fingerprint density at radius 3 is 2.32 bits per heavy atom. The smallest absolute Gasteiger partial charge is 0.547 e. The summed E-state index contributed by atoms with van der Waals surface area (Å²) in [5.74, 6) is -0.632. The number of halogens is 3. The number of rotatable bonds is 8. The summed E-state index contributed by atoms with van der Waals surface area (Å²) in [6, 6.07) is 1.93. The zero-order valence-electron chi connectivity index (χ0n) is 14.4. The van der Waals surface area contributed by atoms with Crippen LogP contribution in [-0.4, -0.2) is 38.2 Å². The van der Waals surface area contributed by atoms with Gasteiger partial charge >= 0.3 is 29.6 Å². The van der Waals surface area contributed by atoms with Gasteiger partial charge in [0, 0.05) is 17.5 Å². The summed E-state index contributed by atoms with van der Waals surface area (Å²) in [6.45, 7) is 3.57. The number of hydrogen-bond donors (Lipinski definition) is 0. The molecule has 1 unspecified atom stereocenters. The quantitative estimate of drug-likeness (QED) is 0.207. The molecule has 1 amide bonds. The van der Waals surface area contributed by atoms with Crippen LogP contribution in [-0.2, 0) is 14.3 Å². The van der Waals surface area contributed by atoms with Crippen molar-refractivity contribution in [1.82, 2.24) is 0 Å². The van der Waals surface area contributed by atoms with Crippen molar-refractivity contribution in [1.29, 1.82) is 0 Å². The number of carbonyl (C=O) groups excluding carboxylic acids is 2. The fraction of sp³-hybridized carbons (Fsp3) is 0.467. The summed E-state index contributed by atoms with van der Waals surface area (Å²) in [5.41, 5.74) is 0.793. The van der Waals surface area contributed by atoms with E-state index in [4.69, 9.17) is 9.47 Å². The Morgan fingerprint density at radius 2 is 1.84 bits per heavy atom. The van der Waals surface area contributed by atoms with E-state index in [2.05, 4.69) is 67.8 Å². The Hall–Kier alpha value is 1.11. The molecule has 0 aromatic heterocycles. The van der Waals surface area contributed by atoms with Gasteiger partial charge in [0.2, 0.25) is 5.91 Å². The molecule has 0 radical (unpaired) electrons. The summed E-state index contributed by atoms with van der Waals surface area (Å²) in [6.07, 6.45) is -0.586. The molecule has 134 valence electrons. The predicted molar refractivity (Wildman–Crippen MR) is 114 cm³/mol. The van der Waals surface area contributed by atoms with Gasteiger partial charge in [0.05, 0.1) is 31.5 Å². The van der Waals surface area contributed by atoms with Crippen LogP contribution < -0.4 is 44.3 Å². The minimum absolute atomic E-state index is 0. The molecule has 0 aliphatic heterocycles. The van der Waals surface area contributed by atoms with E-state index in [-0.39, 0.29) is 48.7 Å².